The maximum atomic E-state index is 6.73. The van der Waals surface area contributed by atoms with Crippen LogP contribution in [0.2, 0.25) is 0 Å². The Morgan fingerprint density at radius 2 is 1.16 bits per heavy atom. The molecule has 12 rings (SSSR count). The molecule has 288 valence electrons. The number of nitrogens with zero attached hydrogens (tertiary/aromatic N) is 4. The molecule has 0 spiro atoms. The number of fused-ring (bicyclic) bond motifs is 6. The topological polar surface area (TPSA) is 43.2 Å². The van der Waals surface area contributed by atoms with Gasteiger partial charge in [-0.05, 0) is 81.9 Å². The number of allylic oxidation sites excluding steroid dienone is 3. The molecule has 0 N–H and O–H groups in total. The molecule has 0 saturated carbocycles. The van der Waals surface area contributed by atoms with Crippen LogP contribution in [-0.4, -0.2) is 14.5 Å². The lowest BCUT2D eigenvalue weighted by molar-refractivity contribution is 0.388. The van der Waals surface area contributed by atoms with Crippen molar-refractivity contribution < 1.29 is 4.74 Å². The third-order valence-electron chi connectivity index (χ3n) is 12.0. The van der Waals surface area contributed by atoms with Crippen LogP contribution in [0.4, 0.5) is 11.4 Å². The monoisotopic (exact) mass is 782 g/mol. The Kier molecular flexibility index (Phi) is 8.23. The standard InChI is InChI=1S/C56H38N4O/c1-4-14-37(15-5-1)38-24-26-41(27-25-38)56-57-47(40-17-6-2-7-18-40)36-54(58-56)60-50-33-29-39-16-10-11-21-45(39)55(50)46-31-28-42(34-51(46)60)43-30-32-49-53(35-43)61-52-23-13-12-22-48(52)59(49)44-19-8-3-9-20-44/h1-12,14-22,24-36H,13,23H2. The van der Waals surface area contributed by atoms with E-state index >= 15 is 0 Å². The first-order chi connectivity index (χ1) is 30.2. The fourth-order valence-electron chi connectivity index (χ4n) is 9.10. The summed E-state index contributed by atoms with van der Waals surface area (Å²) in [6.45, 7) is 0. The quantitative estimate of drug-likeness (QED) is 0.168. The summed E-state index contributed by atoms with van der Waals surface area (Å²) in [5.41, 5.74) is 12.7. The highest BCUT2D eigenvalue weighted by Crippen LogP contribution is 2.47. The molecule has 8 aromatic carbocycles. The van der Waals surface area contributed by atoms with E-state index < -0.39 is 0 Å². The Morgan fingerprint density at radius 3 is 1.98 bits per heavy atom. The molecule has 0 atom stereocenters. The van der Waals surface area contributed by atoms with E-state index in [0.29, 0.717) is 5.82 Å². The van der Waals surface area contributed by atoms with Crippen molar-refractivity contribution in [2.45, 2.75) is 12.8 Å². The van der Waals surface area contributed by atoms with Crippen molar-refractivity contribution in [3.05, 3.63) is 218 Å². The maximum Gasteiger partial charge on any atom is 0.162 e. The van der Waals surface area contributed by atoms with Gasteiger partial charge >= 0.3 is 0 Å². The molecular weight excluding hydrogens is 745 g/mol. The van der Waals surface area contributed by atoms with Gasteiger partial charge in [0.25, 0.3) is 0 Å². The zero-order valence-corrected chi connectivity index (χ0v) is 33.2. The lowest BCUT2D eigenvalue weighted by atomic mass is 9.99. The second-order valence-electron chi connectivity index (χ2n) is 15.7. The van der Waals surface area contributed by atoms with E-state index in [2.05, 4.69) is 204 Å². The fraction of sp³-hybridized carbons (Fsp3) is 0.0357. The molecule has 1 aliphatic carbocycles. The zero-order chi connectivity index (χ0) is 40.3. The first kappa shape index (κ1) is 35.0. The van der Waals surface area contributed by atoms with Gasteiger partial charge in [-0.1, -0.05) is 158 Å². The number of hydrogen-bond donors (Lipinski definition) is 0. The van der Waals surface area contributed by atoms with Gasteiger partial charge in [0, 0.05) is 40.1 Å². The van der Waals surface area contributed by atoms with Crippen molar-refractivity contribution >= 4 is 44.0 Å². The summed E-state index contributed by atoms with van der Waals surface area (Å²) >= 11 is 0. The van der Waals surface area contributed by atoms with Crippen molar-refractivity contribution in [3.63, 3.8) is 0 Å². The lowest BCUT2D eigenvalue weighted by Gasteiger charge is -2.35. The molecule has 0 bridgehead atoms. The van der Waals surface area contributed by atoms with Gasteiger partial charge in [0.15, 0.2) is 11.6 Å². The molecule has 0 radical (unpaired) electrons. The van der Waals surface area contributed by atoms with Gasteiger partial charge in [-0.2, -0.15) is 0 Å². The molecule has 3 heterocycles. The number of para-hydroxylation sites is 1. The van der Waals surface area contributed by atoms with Crippen LogP contribution < -0.4 is 9.64 Å². The molecule has 0 saturated heterocycles. The Morgan fingerprint density at radius 1 is 0.492 bits per heavy atom. The fourth-order valence-corrected chi connectivity index (χ4v) is 9.10. The second kappa shape index (κ2) is 14.4. The average Bonchev–Trinajstić information content (AvgIpc) is 3.68. The third kappa shape index (κ3) is 6.01. The summed E-state index contributed by atoms with van der Waals surface area (Å²) in [6.07, 6.45) is 6.25. The molecule has 2 aliphatic rings. The van der Waals surface area contributed by atoms with Gasteiger partial charge in [0.1, 0.15) is 11.6 Å². The van der Waals surface area contributed by atoms with Gasteiger partial charge in [-0.3, -0.25) is 4.57 Å². The average molecular weight is 783 g/mol. The first-order valence-electron chi connectivity index (χ1n) is 20.9. The smallest absolute Gasteiger partial charge is 0.162 e. The van der Waals surface area contributed by atoms with Crippen molar-refractivity contribution in [1.29, 1.82) is 0 Å². The molecule has 2 aromatic heterocycles. The van der Waals surface area contributed by atoms with Crippen LogP contribution in [0.1, 0.15) is 12.8 Å². The van der Waals surface area contributed by atoms with Gasteiger partial charge in [0.2, 0.25) is 0 Å². The maximum absolute atomic E-state index is 6.73. The number of ether oxygens (including phenoxy) is 1. The number of benzene rings is 8. The van der Waals surface area contributed by atoms with E-state index in [1.807, 2.05) is 12.1 Å². The highest BCUT2D eigenvalue weighted by molar-refractivity contribution is 6.21. The number of rotatable bonds is 6. The molecule has 1 aliphatic heterocycles. The van der Waals surface area contributed by atoms with Gasteiger partial charge < -0.3 is 9.64 Å². The Labute approximate surface area is 353 Å². The van der Waals surface area contributed by atoms with Crippen LogP contribution >= 0.6 is 0 Å². The minimum atomic E-state index is 0.670. The largest absolute Gasteiger partial charge is 0.457 e. The Hall–Kier alpha value is -8.02. The van der Waals surface area contributed by atoms with E-state index in [9.17, 15) is 0 Å². The van der Waals surface area contributed by atoms with Crippen LogP contribution in [0.15, 0.2) is 218 Å². The van der Waals surface area contributed by atoms with E-state index in [1.165, 1.54) is 21.7 Å². The predicted octanol–water partition coefficient (Wildman–Crippen LogP) is 14.5. The number of anilines is 2. The molecule has 61 heavy (non-hydrogen) atoms. The molecule has 0 fully saturated rings. The molecular formula is C56H38N4O. The van der Waals surface area contributed by atoms with E-state index in [-0.39, 0.29) is 0 Å². The van der Waals surface area contributed by atoms with Crippen LogP contribution in [0.25, 0.3) is 83.3 Å². The molecule has 5 nitrogen and oxygen atoms in total. The highest BCUT2D eigenvalue weighted by Gasteiger charge is 2.29. The number of aromatic nitrogens is 3. The van der Waals surface area contributed by atoms with Crippen molar-refractivity contribution in [3.8, 4) is 56.5 Å². The molecule has 5 heteroatoms. The second-order valence-corrected chi connectivity index (χ2v) is 15.7. The zero-order valence-electron chi connectivity index (χ0n) is 33.2. The summed E-state index contributed by atoms with van der Waals surface area (Å²) < 4.78 is 9.06. The van der Waals surface area contributed by atoms with Gasteiger partial charge in [-0.25, -0.2) is 9.97 Å². The van der Waals surface area contributed by atoms with Crippen LogP contribution in [-0.2, 0) is 0 Å². The first-order valence-corrected chi connectivity index (χ1v) is 20.9. The SMILES string of the molecule is C1=CC2=C(CC1)Oc1cc(-c3ccc4c5c6ccccc6ccc5n(-c5cc(-c6ccccc6)nc(-c6ccc(-c7ccccc7)cc6)n5)c4c3)ccc1N2c1ccccc1. The summed E-state index contributed by atoms with van der Waals surface area (Å²) in [6, 6.07) is 68.7. The summed E-state index contributed by atoms with van der Waals surface area (Å²) in [5.74, 6) is 3.33. The van der Waals surface area contributed by atoms with E-state index in [4.69, 9.17) is 14.7 Å². The van der Waals surface area contributed by atoms with Crippen LogP contribution in [0.5, 0.6) is 5.75 Å². The summed E-state index contributed by atoms with van der Waals surface area (Å²) in [7, 11) is 0. The molecule has 0 amide bonds. The lowest BCUT2D eigenvalue weighted by Crippen LogP contribution is -2.24. The normalized spacial score (nSPS) is 13.4. The van der Waals surface area contributed by atoms with E-state index in [1.54, 1.807) is 0 Å². The van der Waals surface area contributed by atoms with Crippen LogP contribution in [0, 0.1) is 0 Å². The predicted molar refractivity (Wildman–Crippen MR) is 250 cm³/mol. The number of hydrogen-bond acceptors (Lipinski definition) is 4. The van der Waals surface area contributed by atoms with Crippen molar-refractivity contribution in [2.24, 2.45) is 0 Å². The molecule has 0 unspecified atom stereocenters. The summed E-state index contributed by atoms with van der Waals surface area (Å²) in [5, 5.41) is 4.77. The molecule has 10 aromatic rings. The minimum Gasteiger partial charge on any atom is -0.457 e. The van der Waals surface area contributed by atoms with Gasteiger partial charge in [0.05, 0.1) is 28.1 Å². The van der Waals surface area contributed by atoms with Crippen LogP contribution in [0.3, 0.4) is 0 Å². The van der Waals surface area contributed by atoms with Crippen molar-refractivity contribution in [1.82, 2.24) is 14.5 Å². The summed E-state index contributed by atoms with van der Waals surface area (Å²) in [4.78, 5) is 12.9. The highest BCUT2D eigenvalue weighted by atomic mass is 16.5. The third-order valence-corrected chi connectivity index (χ3v) is 12.0. The minimum absolute atomic E-state index is 0.670. The Balaban J connectivity index is 1.05. The van der Waals surface area contributed by atoms with E-state index in [0.717, 1.165) is 97.2 Å². The van der Waals surface area contributed by atoms with Crippen molar-refractivity contribution in [2.75, 3.05) is 4.90 Å². The Bertz CT molecular complexity index is 3370. The van der Waals surface area contributed by atoms with Gasteiger partial charge in [-0.15, -0.1) is 0 Å².